The first-order chi connectivity index (χ1) is 13.8. The number of hydrogen-bond donors (Lipinski definition) is 0. The van der Waals surface area contributed by atoms with Crippen LogP contribution in [0.3, 0.4) is 0 Å². The number of amides is 1. The fourth-order valence-electron chi connectivity index (χ4n) is 3.21. The average molecular weight is 403 g/mol. The minimum absolute atomic E-state index is 0.144. The highest BCUT2D eigenvalue weighted by Crippen LogP contribution is 2.34. The number of anilines is 1. The van der Waals surface area contributed by atoms with Crippen LogP contribution in [-0.4, -0.2) is 29.7 Å². The Hall–Kier alpha value is -3.36. The molecule has 4 rings (SSSR count). The molecule has 1 atom stereocenters. The van der Waals surface area contributed by atoms with Crippen molar-refractivity contribution in [2.45, 2.75) is 18.5 Å². The lowest BCUT2D eigenvalue weighted by Crippen LogP contribution is -2.24. The third-order valence-corrected chi connectivity index (χ3v) is 4.77. The van der Waals surface area contributed by atoms with Gasteiger partial charge in [0, 0.05) is 24.2 Å². The Bertz CT molecular complexity index is 1010. The van der Waals surface area contributed by atoms with Crippen LogP contribution in [0.4, 0.5) is 18.9 Å². The van der Waals surface area contributed by atoms with Crippen LogP contribution in [-0.2, 0) is 11.0 Å². The first-order valence-corrected chi connectivity index (χ1v) is 8.81. The van der Waals surface area contributed by atoms with Gasteiger partial charge in [-0.15, -0.1) is 0 Å². The lowest BCUT2D eigenvalue weighted by atomic mass is 10.1. The number of aromatic nitrogens is 2. The molecule has 1 fully saturated rings. The van der Waals surface area contributed by atoms with Crippen molar-refractivity contribution in [1.82, 2.24) is 10.1 Å². The SMILES string of the molecule is COc1ccc(-c2noc(C3CC(=O)N(c4ccc(C(F)(F)F)cc4)C3)n2)cc1. The number of carbonyl (C=O) groups is 1. The zero-order valence-corrected chi connectivity index (χ0v) is 15.3. The Kier molecular flexibility index (Phi) is 4.73. The maximum Gasteiger partial charge on any atom is 0.416 e. The average Bonchev–Trinajstić information content (AvgIpc) is 3.34. The van der Waals surface area contributed by atoms with E-state index < -0.39 is 11.7 Å². The molecule has 0 saturated carbocycles. The second kappa shape index (κ2) is 7.23. The monoisotopic (exact) mass is 403 g/mol. The van der Waals surface area contributed by atoms with Crippen LogP contribution in [0, 0.1) is 0 Å². The highest BCUT2D eigenvalue weighted by molar-refractivity contribution is 5.96. The lowest BCUT2D eigenvalue weighted by Gasteiger charge is -2.17. The van der Waals surface area contributed by atoms with Crippen molar-refractivity contribution in [3.63, 3.8) is 0 Å². The quantitative estimate of drug-likeness (QED) is 0.650. The summed E-state index contributed by atoms with van der Waals surface area (Å²) in [6.45, 7) is 0.258. The van der Waals surface area contributed by atoms with Crippen LogP contribution >= 0.6 is 0 Å². The minimum atomic E-state index is -4.42. The van der Waals surface area contributed by atoms with E-state index in [1.165, 1.54) is 17.0 Å². The molecule has 0 N–H and O–H groups in total. The van der Waals surface area contributed by atoms with Gasteiger partial charge in [-0.05, 0) is 48.5 Å². The lowest BCUT2D eigenvalue weighted by molar-refractivity contribution is -0.137. The van der Waals surface area contributed by atoms with Gasteiger partial charge in [-0.3, -0.25) is 4.79 Å². The normalized spacial score (nSPS) is 17.0. The summed E-state index contributed by atoms with van der Waals surface area (Å²) in [6, 6.07) is 11.6. The van der Waals surface area contributed by atoms with Crippen LogP contribution in [0.25, 0.3) is 11.4 Å². The third-order valence-electron chi connectivity index (χ3n) is 4.77. The standard InChI is InChI=1S/C20H16F3N3O3/c1-28-16-8-2-12(3-9-16)18-24-19(29-25-18)13-10-17(27)26(11-13)15-6-4-14(5-7-15)20(21,22)23/h2-9,13H,10-11H2,1H3. The number of carbonyl (C=O) groups excluding carboxylic acids is 1. The van der Waals surface area contributed by atoms with Gasteiger partial charge in [0.2, 0.25) is 17.6 Å². The van der Waals surface area contributed by atoms with Crippen LogP contribution in [0.5, 0.6) is 5.75 Å². The van der Waals surface area contributed by atoms with Gasteiger partial charge in [-0.25, -0.2) is 0 Å². The number of rotatable bonds is 4. The summed E-state index contributed by atoms with van der Waals surface area (Å²) >= 11 is 0. The number of alkyl halides is 3. The van der Waals surface area contributed by atoms with Gasteiger partial charge in [0.15, 0.2) is 0 Å². The van der Waals surface area contributed by atoms with Crippen molar-refractivity contribution in [1.29, 1.82) is 0 Å². The van der Waals surface area contributed by atoms with Gasteiger partial charge in [0.05, 0.1) is 18.6 Å². The van der Waals surface area contributed by atoms with E-state index >= 15 is 0 Å². The van der Waals surface area contributed by atoms with Crippen molar-refractivity contribution in [2.75, 3.05) is 18.6 Å². The van der Waals surface area contributed by atoms with E-state index in [9.17, 15) is 18.0 Å². The van der Waals surface area contributed by atoms with Crippen molar-refractivity contribution < 1.29 is 27.2 Å². The highest BCUT2D eigenvalue weighted by Gasteiger charge is 2.36. The Labute approximate surface area is 163 Å². The number of hydrogen-bond acceptors (Lipinski definition) is 5. The van der Waals surface area contributed by atoms with Crippen molar-refractivity contribution in [3.8, 4) is 17.1 Å². The molecular formula is C20H16F3N3O3. The van der Waals surface area contributed by atoms with Gasteiger partial charge in [0.25, 0.3) is 0 Å². The van der Waals surface area contributed by atoms with Crippen LogP contribution in [0.1, 0.15) is 23.8 Å². The van der Waals surface area contributed by atoms with E-state index in [1.54, 1.807) is 31.4 Å². The molecule has 150 valence electrons. The number of halogens is 3. The fraction of sp³-hybridized carbons (Fsp3) is 0.250. The van der Waals surface area contributed by atoms with E-state index in [1.807, 2.05) is 0 Å². The molecule has 0 bridgehead atoms. The zero-order chi connectivity index (χ0) is 20.6. The van der Waals surface area contributed by atoms with Crippen LogP contribution in [0.2, 0.25) is 0 Å². The molecule has 1 aromatic heterocycles. The highest BCUT2D eigenvalue weighted by atomic mass is 19.4. The maximum absolute atomic E-state index is 12.7. The largest absolute Gasteiger partial charge is 0.497 e. The van der Waals surface area contributed by atoms with E-state index in [2.05, 4.69) is 10.1 Å². The Morgan fingerprint density at radius 3 is 2.41 bits per heavy atom. The Balaban J connectivity index is 1.50. The van der Waals surface area contributed by atoms with Gasteiger partial charge < -0.3 is 14.2 Å². The first kappa shape index (κ1) is 19.0. The summed E-state index contributed by atoms with van der Waals surface area (Å²) in [6.07, 6.45) is -4.27. The zero-order valence-electron chi connectivity index (χ0n) is 15.3. The molecule has 1 aliphatic heterocycles. The molecule has 1 aliphatic rings. The molecule has 2 aromatic carbocycles. The van der Waals surface area contributed by atoms with Gasteiger partial charge in [-0.1, -0.05) is 5.16 Å². The molecular weight excluding hydrogens is 387 g/mol. The summed E-state index contributed by atoms with van der Waals surface area (Å²) in [5.74, 6) is 0.871. The minimum Gasteiger partial charge on any atom is -0.497 e. The van der Waals surface area contributed by atoms with Crippen molar-refractivity contribution >= 4 is 11.6 Å². The summed E-state index contributed by atoms with van der Waals surface area (Å²) in [4.78, 5) is 18.2. The van der Waals surface area contributed by atoms with Gasteiger partial charge in [0.1, 0.15) is 5.75 Å². The van der Waals surface area contributed by atoms with Gasteiger partial charge >= 0.3 is 6.18 Å². The first-order valence-electron chi connectivity index (χ1n) is 8.81. The van der Waals surface area contributed by atoms with Crippen molar-refractivity contribution in [3.05, 3.63) is 60.0 Å². The van der Waals surface area contributed by atoms with Crippen molar-refractivity contribution in [2.24, 2.45) is 0 Å². The molecule has 2 heterocycles. The maximum atomic E-state index is 12.7. The molecule has 0 spiro atoms. The van der Waals surface area contributed by atoms with E-state index in [-0.39, 0.29) is 24.8 Å². The van der Waals surface area contributed by atoms with E-state index in [0.29, 0.717) is 23.2 Å². The predicted octanol–water partition coefficient (Wildman–Crippen LogP) is 4.28. The van der Waals surface area contributed by atoms with Crippen LogP contribution in [0.15, 0.2) is 53.1 Å². The molecule has 0 aliphatic carbocycles. The van der Waals surface area contributed by atoms with E-state index in [0.717, 1.165) is 17.7 Å². The predicted molar refractivity (Wildman–Crippen MR) is 97.4 cm³/mol. The second-order valence-corrected chi connectivity index (χ2v) is 6.63. The number of ether oxygens (including phenoxy) is 1. The molecule has 6 nitrogen and oxygen atoms in total. The molecule has 1 unspecified atom stereocenters. The molecule has 1 amide bonds. The molecule has 9 heteroatoms. The Morgan fingerprint density at radius 1 is 1.10 bits per heavy atom. The number of benzene rings is 2. The topological polar surface area (TPSA) is 68.5 Å². The Morgan fingerprint density at radius 2 is 1.79 bits per heavy atom. The summed E-state index contributed by atoms with van der Waals surface area (Å²) in [7, 11) is 1.57. The molecule has 29 heavy (non-hydrogen) atoms. The molecule has 1 saturated heterocycles. The van der Waals surface area contributed by atoms with Gasteiger partial charge in [-0.2, -0.15) is 18.2 Å². The number of methoxy groups -OCH3 is 1. The molecule has 3 aromatic rings. The van der Waals surface area contributed by atoms with Crippen LogP contribution < -0.4 is 9.64 Å². The third kappa shape index (κ3) is 3.80. The summed E-state index contributed by atoms with van der Waals surface area (Å²) in [5, 5.41) is 3.97. The fourth-order valence-corrected chi connectivity index (χ4v) is 3.21. The second-order valence-electron chi connectivity index (χ2n) is 6.63. The smallest absolute Gasteiger partial charge is 0.416 e. The number of nitrogens with zero attached hydrogens (tertiary/aromatic N) is 3. The molecule has 0 radical (unpaired) electrons. The summed E-state index contributed by atoms with van der Waals surface area (Å²) < 4.78 is 48.6. The van der Waals surface area contributed by atoms with E-state index in [4.69, 9.17) is 9.26 Å². The summed E-state index contributed by atoms with van der Waals surface area (Å²) in [5.41, 5.74) is 0.385.